The summed E-state index contributed by atoms with van der Waals surface area (Å²) in [7, 11) is 1.88. The number of nitrogens with zero attached hydrogens (tertiary/aromatic N) is 2. The van der Waals surface area contributed by atoms with Crippen LogP contribution >= 0.6 is 15.9 Å². The molecule has 0 radical (unpaired) electrons. The number of aromatic nitrogens is 1. The van der Waals surface area contributed by atoms with E-state index in [1.54, 1.807) is 0 Å². The van der Waals surface area contributed by atoms with Gasteiger partial charge in [-0.1, -0.05) is 31.0 Å². The van der Waals surface area contributed by atoms with Crippen molar-refractivity contribution >= 4 is 38.6 Å². The molecule has 2 aromatic rings. The molecule has 1 fully saturated rings. The van der Waals surface area contributed by atoms with Gasteiger partial charge < -0.3 is 14.8 Å². The average Bonchev–Trinajstić information content (AvgIpc) is 2.80. The molecular formula is C19H24BrN3O2. The van der Waals surface area contributed by atoms with Crippen LogP contribution < -0.4 is 5.32 Å². The second-order valence-corrected chi connectivity index (χ2v) is 7.33. The molecule has 2 amide bonds. The van der Waals surface area contributed by atoms with E-state index in [4.69, 9.17) is 0 Å². The summed E-state index contributed by atoms with van der Waals surface area (Å²) < 4.78 is 2.67. The molecule has 1 aliphatic heterocycles. The van der Waals surface area contributed by atoms with Crippen LogP contribution in [0.5, 0.6) is 0 Å². The van der Waals surface area contributed by atoms with Crippen molar-refractivity contribution in [3.05, 3.63) is 34.4 Å². The largest absolute Gasteiger partial charge is 0.350 e. The Morgan fingerprint density at radius 3 is 2.48 bits per heavy atom. The third-order valence-electron chi connectivity index (χ3n) is 4.84. The van der Waals surface area contributed by atoms with E-state index in [1.807, 2.05) is 40.8 Å². The van der Waals surface area contributed by atoms with Gasteiger partial charge in [-0.15, -0.1) is 0 Å². The van der Waals surface area contributed by atoms with Gasteiger partial charge in [0.1, 0.15) is 5.69 Å². The van der Waals surface area contributed by atoms with Crippen molar-refractivity contribution in [3.8, 4) is 0 Å². The van der Waals surface area contributed by atoms with Crippen LogP contribution in [0.3, 0.4) is 0 Å². The van der Waals surface area contributed by atoms with E-state index < -0.39 is 0 Å². The molecule has 0 bridgehead atoms. The maximum atomic E-state index is 12.6. The fraction of sp³-hybridized carbons (Fsp3) is 0.474. The van der Waals surface area contributed by atoms with Gasteiger partial charge in [0, 0.05) is 44.0 Å². The second-order valence-electron chi connectivity index (χ2n) is 6.54. The number of para-hydroxylation sites is 1. The highest BCUT2D eigenvalue weighted by Crippen LogP contribution is 2.30. The lowest BCUT2D eigenvalue weighted by Crippen LogP contribution is -2.35. The molecule has 0 atom stereocenters. The highest BCUT2D eigenvalue weighted by molar-refractivity contribution is 9.10. The number of fused-ring (bicyclic) bond motifs is 1. The lowest BCUT2D eigenvalue weighted by molar-refractivity contribution is -0.131. The minimum absolute atomic E-state index is 0.137. The van der Waals surface area contributed by atoms with Crippen LogP contribution in [0.2, 0.25) is 0 Å². The van der Waals surface area contributed by atoms with Gasteiger partial charge in [-0.3, -0.25) is 9.59 Å². The number of aryl methyl sites for hydroxylation is 1. The summed E-state index contributed by atoms with van der Waals surface area (Å²) in [6.07, 6.45) is 4.93. The zero-order valence-corrected chi connectivity index (χ0v) is 16.1. The highest BCUT2D eigenvalue weighted by atomic mass is 79.9. The fourth-order valence-corrected chi connectivity index (χ4v) is 4.23. The molecule has 1 saturated heterocycles. The summed E-state index contributed by atoms with van der Waals surface area (Å²) in [4.78, 5) is 26.8. The number of rotatable bonds is 4. The van der Waals surface area contributed by atoms with E-state index in [9.17, 15) is 9.59 Å². The molecule has 5 nitrogen and oxygen atoms in total. The smallest absolute Gasteiger partial charge is 0.269 e. The molecule has 6 heteroatoms. The molecule has 0 unspecified atom stereocenters. The first-order chi connectivity index (χ1) is 12.1. The minimum Gasteiger partial charge on any atom is -0.350 e. The van der Waals surface area contributed by atoms with Crippen molar-refractivity contribution in [1.29, 1.82) is 0 Å². The molecule has 0 saturated carbocycles. The van der Waals surface area contributed by atoms with E-state index in [-0.39, 0.29) is 11.8 Å². The topological polar surface area (TPSA) is 54.3 Å². The molecule has 1 aromatic heterocycles. The minimum atomic E-state index is -0.158. The first-order valence-electron chi connectivity index (χ1n) is 8.88. The number of carbonyl (C=O) groups is 2. The van der Waals surface area contributed by atoms with Gasteiger partial charge in [-0.25, -0.2) is 0 Å². The van der Waals surface area contributed by atoms with Crippen LogP contribution in [-0.2, 0) is 11.8 Å². The number of amides is 2. The van der Waals surface area contributed by atoms with Gasteiger partial charge in [-0.2, -0.15) is 0 Å². The number of carbonyl (C=O) groups excluding carboxylic acids is 2. The molecule has 1 N–H and O–H groups in total. The van der Waals surface area contributed by atoms with Gasteiger partial charge >= 0.3 is 0 Å². The molecule has 2 heterocycles. The Morgan fingerprint density at radius 1 is 1.12 bits per heavy atom. The summed E-state index contributed by atoms with van der Waals surface area (Å²) >= 11 is 3.54. The monoisotopic (exact) mass is 405 g/mol. The molecular weight excluding hydrogens is 382 g/mol. The Hall–Kier alpha value is -1.82. The Morgan fingerprint density at radius 2 is 1.80 bits per heavy atom. The third-order valence-corrected chi connectivity index (χ3v) is 5.65. The van der Waals surface area contributed by atoms with Crippen LogP contribution in [0.15, 0.2) is 28.7 Å². The first-order valence-corrected chi connectivity index (χ1v) is 9.68. The third kappa shape index (κ3) is 3.89. The zero-order valence-electron chi connectivity index (χ0n) is 14.6. The Bertz CT molecular complexity index is 737. The lowest BCUT2D eigenvalue weighted by atomic mass is 10.2. The first kappa shape index (κ1) is 18.0. The summed E-state index contributed by atoms with van der Waals surface area (Å²) in [6.45, 7) is 2.06. The van der Waals surface area contributed by atoms with E-state index in [2.05, 4.69) is 21.2 Å². The summed E-state index contributed by atoms with van der Waals surface area (Å²) in [5.41, 5.74) is 1.59. The Balaban J connectivity index is 1.60. The molecule has 1 aliphatic rings. The van der Waals surface area contributed by atoms with Gasteiger partial charge in [-0.05, 0) is 34.8 Å². The number of benzene rings is 1. The highest BCUT2D eigenvalue weighted by Gasteiger charge is 2.20. The van der Waals surface area contributed by atoms with Crippen molar-refractivity contribution in [2.75, 3.05) is 19.6 Å². The number of likely N-dealkylation sites (tertiary alicyclic amines) is 1. The van der Waals surface area contributed by atoms with Crippen molar-refractivity contribution in [3.63, 3.8) is 0 Å². The molecule has 25 heavy (non-hydrogen) atoms. The Kier molecular flexibility index (Phi) is 5.78. The summed E-state index contributed by atoms with van der Waals surface area (Å²) in [6, 6.07) is 7.88. The molecule has 3 rings (SSSR count). The van der Waals surface area contributed by atoms with Crippen LogP contribution in [0.1, 0.15) is 42.6 Å². The average molecular weight is 406 g/mol. The number of hydrogen-bond donors (Lipinski definition) is 1. The SMILES string of the molecule is Cn1c(C(=O)NCCC(=O)N2CCCCCC2)c(Br)c2ccccc21. The number of nitrogens with one attached hydrogen (secondary N) is 1. The summed E-state index contributed by atoms with van der Waals surface area (Å²) in [5, 5.41) is 3.90. The van der Waals surface area contributed by atoms with E-state index in [0.29, 0.717) is 18.7 Å². The van der Waals surface area contributed by atoms with Crippen molar-refractivity contribution in [2.24, 2.45) is 7.05 Å². The van der Waals surface area contributed by atoms with Crippen molar-refractivity contribution < 1.29 is 9.59 Å². The molecule has 0 spiro atoms. The van der Waals surface area contributed by atoms with Crippen LogP contribution in [0, 0.1) is 0 Å². The van der Waals surface area contributed by atoms with Crippen molar-refractivity contribution in [1.82, 2.24) is 14.8 Å². The predicted octanol–water partition coefficient (Wildman–Crippen LogP) is 3.46. The van der Waals surface area contributed by atoms with Gasteiger partial charge in [0.15, 0.2) is 0 Å². The van der Waals surface area contributed by atoms with Crippen LogP contribution in [-0.4, -0.2) is 40.9 Å². The number of halogens is 1. The maximum Gasteiger partial charge on any atom is 0.269 e. The van der Waals surface area contributed by atoms with E-state index in [1.165, 1.54) is 12.8 Å². The van der Waals surface area contributed by atoms with E-state index >= 15 is 0 Å². The van der Waals surface area contributed by atoms with Crippen molar-refractivity contribution in [2.45, 2.75) is 32.1 Å². The fourth-order valence-electron chi connectivity index (χ4n) is 3.44. The zero-order chi connectivity index (χ0) is 17.8. The normalized spacial score (nSPS) is 15.2. The van der Waals surface area contributed by atoms with Gasteiger partial charge in [0.2, 0.25) is 5.91 Å². The Labute approximate surface area is 156 Å². The molecule has 0 aliphatic carbocycles. The van der Waals surface area contributed by atoms with Gasteiger partial charge in [0.25, 0.3) is 5.91 Å². The second kappa shape index (κ2) is 8.04. The molecule has 1 aromatic carbocycles. The predicted molar refractivity (Wildman–Crippen MR) is 103 cm³/mol. The van der Waals surface area contributed by atoms with E-state index in [0.717, 1.165) is 41.3 Å². The summed E-state index contributed by atoms with van der Waals surface area (Å²) in [5.74, 6) is -0.0208. The standard InChI is InChI=1S/C19H24BrN3O2/c1-22-15-9-5-4-8-14(15)17(20)18(22)19(25)21-11-10-16(24)23-12-6-2-3-7-13-23/h4-5,8-9H,2-3,6-7,10-13H2,1H3,(H,21,25). The van der Waals surface area contributed by atoms with Crippen LogP contribution in [0.25, 0.3) is 10.9 Å². The van der Waals surface area contributed by atoms with Gasteiger partial charge in [0.05, 0.1) is 4.47 Å². The molecule has 134 valence electrons. The quantitative estimate of drug-likeness (QED) is 0.846. The van der Waals surface area contributed by atoms with Crippen LogP contribution in [0.4, 0.5) is 0 Å². The lowest BCUT2D eigenvalue weighted by Gasteiger charge is -2.20. The maximum absolute atomic E-state index is 12.6. The number of hydrogen-bond acceptors (Lipinski definition) is 2.